The largest absolute Gasteiger partial charge is 0.340 e. The molecule has 2 fully saturated rings. The molecule has 2 aromatic carbocycles. The third kappa shape index (κ3) is 6.17. The average Bonchev–Trinajstić information content (AvgIpc) is 3.37. The molecule has 0 radical (unpaired) electrons. The van der Waals surface area contributed by atoms with Gasteiger partial charge in [-0.2, -0.15) is 0 Å². The molecule has 2 saturated heterocycles. The smallest absolute Gasteiger partial charge is 0.251 e. The summed E-state index contributed by atoms with van der Waals surface area (Å²) in [6, 6.07) is 18.4. The van der Waals surface area contributed by atoms with E-state index in [2.05, 4.69) is 15.1 Å². The molecule has 0 spiro atoms. The molecular formula is C26H34N4O2. The number of hydrogen-bond donors (Lipinski definition) is 1. The van der Waals surface area contributed by atoms with Crippen molar-refractivity contribution in [1.82, 2.24) is 20.0 Å². The maximum absolute atomic E-state index is 13.4. The number of amides is 2. The monoisotopic (exact) mass is 434 g/mol. The van der Waals surface area contributed by atoms with Gasteiger partial charge in [-0.05, 0) is 43.6 Å². The fourth-order valence-electron chi connectivity index (χ4n) is 4.58. The molecule has 2 heterocycles. The van der Waals surface area contributed by atoms with Crippen LogP contribution in [0.5, 0.6) is 0 Å². The SMILES string of the molecule is O=C(N[C@@H](Cc1ccccc1)C(=O)N1CCN(CCN2CCCC2)CC1)c1ccccc1. The second-order valence-corrected chi connectivity index (χ2v) is 8.80. The van der Waals surface area contributed by atoms with Gasteiger partial charge >= 0.3 is 0 Å². The van der Waals surface area contributed by atoms with E-state index in [9.17, 15) is 9.59 Å². The van der Waals surface area contributed by atoms with E-state index in [0.717, 1.165) is 31.7 Å². The highest BCUT2D eigenvalue weighted by Crippen LogP contribution is 2.12. The van der Waals surface area contributed by atoms with Crippen LogP contribution in [0.1, 0.15) is 28.8 Å². The predicted molar refractivity (Wildman–Crippen MR) is 127 cm³/mol. The van der Waals surface area contributed by atoms with Crippen LogP contribution in [0.4, 0.5) is 0 Å². The molecule has 4 rings (SSSR count). The molecule has 0 aliphatic carbocycles. The molecule has 170 valence electrons. The number of nitrogens with zero attached hydrogens (tertiary/aromatic N) is 3. The zero-order valence-electron chi connectivity index (χ0n) is 18.8. The highest BCUT2D eigenvalue weighted by atomic mass is 16.2. The molecule has 0 unspecified atom stereocenters. The van der Waals surface area contributed by atoms with Gasteiger partial charge in [0.1, 0.15) is 6.04 Å². The second kappa shape index (κ2) is 11.2. The van der Waals surface area contributed by atoms with Gasteiger partial charge in [-0.25, -0.2) is 0 Å². The molecule has 0 bridgehead atoms. The molecule has 6 nitrogen and oxygen atoms in total. The number of carbonyl (C=O) groups excluding carboxylic acids is 2. The molecular weight excluding hydrogens is 400 g/mol. The molecule has 32 heavy (non-hydrogen) atoms. The summed E-state index contributed by atoms with van der Waals surface area (Å²) in [5.74, 6) is -0.193. The molecule has 1 atom stereocenters. The Kier molecular flexibility index (Phi) is 7.91. The molecule has 2 aliphatic heterocycles. The van der Waals surface area contributed by atoms with E-state index in [1.807, 2.05) is 53.4 Å². The maximum Gasteiger partial charge on any atom is 0.251 e. The molecule has 2 amide bonds. The Morgan fingerprint density at radius 2 is 1.31 bits per heavy atom. The third-order valence-electron chi connectivity index (χ3n) is 6.54. The van der Waals surface area contributed by atoms with Crippen molar-refractivity contribution < 1.29 is 9.59 Å². The molecule has 6 heteroatoms. The van der Waals surface area contributed by atoms with Gasteiger partial charge in [0.25, 0.3) is 5.91 Å². The van der Waals surface area contributed by atoms with Crippen molar-refractivity contribution in [3.63, 3.8) is 0 Å². The summed E-state index contributed by atoms with van der Waals surface area (Å²) in [6.07, 6.45) is 3.13. The van der Waals surface area contributed by atoms with Crippen LogP contribution in [0.2, 0.25) is 0 Å². The van der Waals surface area contributed by atoms with Crippen LogP contribution >= 0.6 is 0 Å². The van der Waals surface area contributed by atoms with Gasteiger partial charge < -0.3 is 15.1 Å². The Balaban J connectivity index is 1.35. The number of benzene rings is 2. The lowest BCUT2D eigenvalue weighted by Gasteiger charge is -2.37. The van der Waals surface area contributed by atoms with Crippen molar-refractivity contribution in [3.05, 3.63) is 71.8 Å². The number of nitrogens with one attached hydrogen (secondary N) is 1. The lowest BCUT2D eigenvalue weighted by molar-refractivity contribution is -0.135. The van der Waals surface area contributed by atoms with Crippen molar-refractivity contribution in [2.75, 3.05) is 52.4 Å². The van der Waals surface area contributed by atoms with Crippen LogP contribution in [0.3, 0.4) is 0 Å². The first kappa shape index (κ1) is 22.5. The van der Waals surface area contributed by atoms with E-state index >= 15 is 0 Å². The topological polar surface area (TPSA) is 55.9 Å². The van der Waals surface area contributed by atoms with Crippen LogP contribution in [-0.4, -0.2) is 84.9 Å². The first-order valence-corrected chi connectivity index (χ1v) is 11.8. The fraction of sp³-hybridized carbons (Fsp3) is 0.462. The first-order chi connectivity index (χ1) is 15.7. The molecule has 0 aromatic heterocycles. The van der Waals surface area contributed by atoms with Crippen molar-refractivity contribution >= 4 is 11.8 Å². The maximum atomic E-state index is 13.4. The van der Waals surface area contributed by atoms with Crippen molar-refractivity contribution in [3.8, 4) is 0 Å². The zero-order chi connectivity index (χ0) is 22.2. The van der Waals surface area contributed by atoms with Gasteiger partial charge in [0.2, 0.25) is 5.91 Å². The average molecular weight is 435 g/mol. The summed E-state index contributed by atoms with van der Waals surface area (Å²) in [5, 5.41) is 3.00. The molecule has 1 N–H and O–H groups in total. The summed E-state index contributed by atoms with van der Waals surface area (Å²) < 4.78 is 0. The fourth-order valence-corrected chi connectivity index (χ4v) is 4.58. The molecule has 2 aromatic rings. The van der Waals surface area contributed by atoms with Gasteiger partial charge in [-0.15, -0.1) is 0 Å². The van der Waals surface area contributed by atoms with E-state index in [1.54, 1.807) is 12.1 Å². The predicted octanol–water partition coefficient (Wildman–Crippen LogP) is 2.27. The standard InChI is InChI=1S/C26H34N4O2/c31-25(23-11-5-2-6-12-23)27-24(21-22-9-3-1-4-10-22)26(32)30-19-17-29(18-20-30)16-15-28-13-7-8-14-28/h1-6,9-12,24H,7-8,13-21H2,(H,27,31)/t24-/m0/s1. The first-order valence-electron chi connectivity index (χ1n) is 11.8. The lowest BCUT2D eigenvalue weighted by atomic mass is 10.0. The van der Waals surface area contributed by atoms with Crippen LogP contribution in [-0.2, 0) is 11.2 Å². The van der Waals surface area contributed by atoms with Crippen LogP contribution in [0.25, 0.3) is 0 Å². The Labute approximate surface area is 191 Å². The molecule has 2 aliphatic rings. The van der Waals surface area contributed by atoms with Gasteiger partial charge in [-0.1, -0.05) is 48.5 Å². The van der Waals surface area contributed by atoms with Crippen molar-refractivity contribution in [2.45, 2.75) is 25.3 Å². The summed E-state index contributed by atoms with van der Waals surface area (Å²) in [5.41, 5.74) is 1.62. The van der Waals surface area contributed by atoms with Crippen LogP contribution < -0.4 is 5.32 Å². The van der Waals surface area contributed by atoms with E-state index in [1.165, 1.54) is 25.9 Å². The highest BCUT2D eigenvalue weighted by Gasteiger charge is 2.29. The van der Waals surface area contributed by atoms with Gasteiger partial charge in [-0.3, -0.25) is 14.5 Å². The van der Waals surface area contributed by atoms with Crippen LogP contribution in [0.15, 0.2) is 60.7 Å². The minimum atomic E-state index is -0.568. The number of hydrogen-bond acceptors (Lipinski definition) is 4. The number of piperazine rings is 1. The number of carbonyl (C=O) groups is 2. The minimum absolute atomic E-state index is 0.0114. The second-order valence-electron chi connectivity index (χ2n) is 8.80. The quantitative estimate of drug-likeness (QED) is 0.693. The highest BCUT2D eigenvalue weighted by molar-refractivity contribution is 5.97. The van der Waals surface area contributed by atoms with Crippen molar-refractivity contribution in [1.29, 1.82) is 0 Å². The van der Waals surface area contributed by atoms with E-state index < -0.39 is 6.04 Å². The number of likely N-dealkylation sites (tertiary alicyclic amines) is 1. The minimum Gasteiger partial charge on any atom is -0.340 e. The van der Waals surface area contributed by atoms with Gasteiger partial charge in [0, 0.05) is 51.3 Å². The van der Waals surface area contributed by atoms with E-state index in [-0.39, 0.29) is 11.8 Å². The third-order valence-corrected chi connectivity index (χ3v) is 6.54. The summed E-state index contributed by atoms with van der Waals surface area (Å²) >= 11 is 0. The van der Waals surface area contributed by atoms with Crippen LogP contribution in [0, 0.1) is 0 Å². The normalized spacial score (nSPS) is 18.4. The van der Waals surface area contributed by atoms with E-state index in [0.29, 0.717) is 25.1 Å². The van der Waals surface area contributed by atoms with Gasteiger partial charge in [0.05, 0.1) is 0 Å². The summed E-state index contributed by atoms with van der Waals surface area (Å²) in [4.78, 5) is 33.1. The number of rotatable bonds is 8. The van der Waals surface area contributed by atoms with E-state index in [4.69, 9.17) is 0 Å². The van der Waals surface area contributed by atoms with Gasteiger partial charge in [0.15, 0.2) is 0 Å². The lowest BCUT2D eigenvalue weighted by Crippen LogP contribution is -2.56. The summed E-state index contributed by atoms with van der Waals surface area (Å²) in [7, 11) is 0. The Hall–Kier alpha value is -2.70. The zero-order valence-corrected chi connectivity index (χ0v) is 18.8. The molecule has 0 saturated carbocycles. The summed E-state index contributed by atoms with van der Waals surface area (Å²) in [6.45, 7) is 7.85. The Morgan fingerprint density at radius 1 is 0.750 bits per heavy atom. The van der Waals surface area contributed by atoms with Crippen molar-refractivity contribution in [2.24, 2.45) is 0 Å². The Bertz CT molecular complexity index is 860. The Morgan fingerprint density at radius 3 is 1.94 bits per heavy atom.